The molecule has 1 aliphatic heterocycles. The van der Waals surface area contributed by atoms with Crippen LogP contribution in [0, 0.1) is 5.41 Å². The minimum Gasteiger partial charge on any atom is -0.444 e. The van der Waals surface area contributed by atoms with Crippen molar-refractivity contribution in [3.63, 3.8) is 0 Å². The summed E-state index contributed by atoms with van der Waals surface area (Å²) in [6, 6.07) is 0.103. The summed E-state index contributed by atoms with van der Waals surface area (Å²) in [6.45, 7) is 7.50. The van der Waals surface area contributed by atoms with Gasteiger partial charge in [0.1, 0.15) is 5.60 Å². The molecule has 2 amide bonds. The lowest BCUT2D eigenvalue weighted by molar-refractivity contribution is -0.138. The summed E-state index contributed by atoms with van der Waals surface area (Å²) >= 11 is 0. The number of aliphatic imine (C=N–C) groups is 1. The zero-order chi connectivity index (χ0) is 21.7. The lowest BCUT2D eigenvalue weighted by Gasteiger charge is -2.35. The van der Waals surface area contributed by atoms with Gasteiger partial charge in [-0.2, -0.15) is 0 Å². The minimum absolute atomic E-state index is 0.103. The van der Waals surface area contributed by atoms with Crippen LogP contribution in [0.1, 0.15) is 59.3 Å². The van der Waals surface area contributed by atoms with E-state index in [1.54, 1.807) is 16.8 Å². The summed E-state index contributed by atoms with van der Waals surface area (Å²) in [6.07, 6.45) is 5.59. The number of nitrogens with one attached hydrogen (secondary N) is 2. The third kappa shape index (κ3) is 6.51. The molecule has 1 atom stereocenters. The third-order valence-electron chi connectivity index (χ3n) is 5.65. The number of rotatable bonds is 4. The largest absolute Gasteiger partial charge is 0.444 e. The first-order valence-electron chi connectivity index (χ1n) is 10.7. The van der Waals surface area contributed by atoms with Gasteiger partial charge in [0.15, 0.2) is 5.96 Å². The van der Waals surface area contributed by atoms with Gasteiger partial charge >= 0.3 is 6.09 Å². The van der Waals surface area contributed by atoms with Crippen LogP contribution in [0.3, 0.4) is 0 Å². The predicted molar refractivity (Wildman–Crippen MR) is 115 cm³/mol. The van der Waals surface area contributed by atoms with Gasteiger partial charge in [-0.15, -0.1) is 0 Å². The number of amides is 2. The molecule has 2 aliphatic rings. The number of hydrogen-bond donors (Lipinski definition) is 2. The van der Waals surface area contributed by atoms with Crippen LogP contribution < -0.4 is 10.6 Å². The molecule has 29 heavy (non-hydrogen) atoms. The minimum atomic E-state index is -0.496. The molecule has 1 saturated carbocycles. The Kier molecular flexibility index (Phi) is 7.77. The highest BCUT2D eigenvalue weighted by atomic mass is 16.6. The lowest BCUT2D eigenvalue weighted by Crippen LogP contribution is -2.55. The fourth-order valence-electron chi connectivity index (χ4n) is 4.22. The van der Waals surface area contributed by atoms with E-state index < -0.39 is 5.60 Å². The van der Waals surface area contributed by atoms with Crippen molar-refractivity contribution in [2.45, 2.75) is 70.9 Å². The number of guanidine groups is 1. The van der Waals surface area contributed by atoms with Gasteiger partial charge in [0.2, 0.25) is 5.91 Å². The Balaban J connectivity index is 1.92. The third-order valence-corrected chi connectivity index (χ3v) is 5.65. The van der Waals surface area contributed by atoms with Crippen molar-refractivity contribution in [1.29, 1.82) is 0 Å². The second-order valence-electron chi connectivity index (χ2n) is 9.52. The molecule has 0 aromatic heterocycles. The highest BCUT2D eigenvalue weighted by Crippen LogP contribution is 2.38. The second-order valence-corrected chi connectivity index (χ2v) is 9.52. The van der Waals surface area contributed by atoms with E-state index in [0.29, 0.717) is 25.6 Å². The van der Waals surface area contributed by atoms with Crippen LogP contribution in [0.5, 0.6) is 0 Å². The van der Waals surface area contributed by atoms with E-state index in [0.717, 1.165) is 38.5 Å². The van der Waals surface area contributed by atoms with Crippen molar-refractivity contribution in [1.82, 2.24) is 20.4 Å². The van der Waals surface area contributed by atoms with E-state index in [-0.39, 0.29) is 23.5 Å². The average molecular weight is 410 g/mol. The number of nitrogens with zero attached hydrogens (tertiary/aromatic N) is 3. The molecule has 1 heterocycles. The highest BCUT2D eigenvalue weighted by Gasteiger charge is 2.42. The fraction of sp³-hybridized carbons (Fsp3) is 0.857. The van der Waals surface area contributed by atoms with E-state index in [1.807, 2.05) is 34.9 Å². The zero-order valence-electron chi connectivity index (χ0n) is 19.0. The van der Waals surface area contributed by atoms with Gasteiger partial charge in [-0.05, 0) is 46.5 Å². The second kappa shape index (κ2) is 9.67. The van der Waals surface area contributed by atoms with Crippen molar-refractivity contribution < 1.29 is 14.3 Å². The molecule has 0 spiro atoms. The maximum absolute atomic E-state index is 12.8. The van der Waals surface area contributed by atoms with E-state index in [2.05, 4.69) is 15.6 Å². The SMILES string of the molecule is CN=C(NCC1(C(=O)N(C)C)CCCC1)NC1CCCN(C(=O)OC(C)(C)C)C1. The van der Waals surface area contributed by atoms with Crippen molar-refractivity contribution in [3.8, 4) is 0 Å². The summed E-state index contributed by atoms with van der Waals surface area (Å²) in [5.74, 6) is 0.866. The normalized spacial score (nSPS) is 22.2. The molecule has 2 fully saturated rings. The molecule has 0 aromatic rings. The van der Waals surface area contributed by atoms with Crippen LogP contribution in [0.4, 0.5) is 4.79 Å². The molecule has 8 heteroatoms. The van der Waals surface area contributed by atoms with Gasteiger partial charge in [-0.3, -0.25) is 9.79 Å². The van der Waals surface area contributed by atoms with Crippen molar-refractivity contribution in [3.05, 3.63) is 0 Å². The summed E-state index contributed by atoms with van der Waals surface area (Å²) in [5.41, 5.74) is -0.847. The van der Waals surface area contributed by atoms with Gasteiger partial charge in [0, 0.05) is 46.8 Å². The molecule has 8 nitrogen and oxygen atoms in total. The lowest BCUT2D eigenvalue weighted by atomic mass is 9.84. The smallest absolute Gasteiger partial charge is 0.410 e. The van der Waals surface area contributed by atoms with Crippen LogP contribution in [0.2, 0.25) is 0 Å². The average Bonchev–Trinajstić information content (AvgIpc) is 3.13. The van der Waals surface area contributed by atoms with Crippen molar-refractivity contribution in [2.75, 3.05) is 40.8 Å². The number of ether oxygens (including phenoxy) is 1. The number of carbonyl (C=O) groups is 2. The van der Waals surface area contributed by atoms with Gasteiger partial charge in [0.05, 0.1) is 5.41 Å². The first kappa shape index (κ1) is 23.3. The number of carbonyl (C=O) groups excluding carboxylic acids is 2. The van der Waals surface area contributed by atoms with Crippen molar-refractivity contribution >= 4 is 18.0 Å². The number of piperidine rings is 1. The Hall–Kier alpha value is -1.99. The topological polar surface area (TPSA) is 86.3 Å². The number of likely N-dealkylation sites (tertiary alicyclic amines) is 1. The van der Waals surface area contributed by atoms with Gasteiger partial charge in [0.25, 0.3) is 0 Å². The van der Waals surface area contributed by atoms with Gasteiger partial charge in [-0.25, -0.2) is 4.79 Å². The van der Waals surface area contributed by atoms with Crippen LogP contribution in [-0.2, 0) is 9.53 Å². The maximum Gasteiger partial charge on any atom is 0.410 e. The Morgan fingerprint density at radius 1 is 1.21 bits per heavy atom. The van der Waals surface area contributed by atoms with Crippen LogP contribution >= 0.6 is 0 Å². The van der Waals surface area contributed by atoms with E-state index >= 15 is 0 Å². The zero-order valence-corrected chi connectivity index (χ0v) is 19.0. The first-order chi connectivity index (χ1) is 13.6. The molecule has 1 aliphatic carbocycles. The summed E-state index contributed by atoms with van der Waals surface area (Å²) in [7, 11) is 5.38. The molecule has 0 bridgehead atoms. The summed E-state index contributed by atoms with van der Waals surface area (Å²) in [4.78, 5) is 32.9. The van der Waals surface area contributed by atoms with Gasteiger partial charge < -0.3 is 25.2 Å². The standard InChI is InChI=1S/C21H39N5O3/c1-20(2,3)29-19(28)26-13-9-10-16(14-26)24-18(22-4)23-15-21(11-7-8-12-21)17(27)25(5)6/h16H,7-15H2,1-6H3,(H2,22,23,24). The monoisotopic (exact) mass is 409 g/mol. The van der Waals surface area contributed by atoms with Crippen LogP contribution in [-0.4, -0.2) is 80.2 Å². The Morgan fingerprint density at radius 2 is 1.86 bits per heavy atom. The molecular weight excluding hydrogens is 370 g/mol. The molecule has 0 aromatic carbocycles. The van der Waals surface area contributed by atoms with E-state index in [4.69, 9.17) is 4.74 Å². The maximum atomic E-state index is 12.8. The van der Waals surface area contributed by atoms with E-state index in [9.17, 15) is 9.59 Å². The fourth-order valence-corrected chi connectivity index (χ4v) is 4.22. The number of hydrogen-bond acceptors (Lipinski definition) is 4. The molecule has 0 radical (unpaired) electrons. The molecular formula is C21H39N5O3. The summed E-state index contributed by atoms with van der Waals surface area (Å²) < 4.78 is 5.51. The quantitative estimate of drug-likeness (QED) is 0.549. The van der Waals surface area contributed by atoms with Crippen LogP contribution in [0.15, 0.2) is 4.99 Å². The Morgan fingerprint density at radius 3 is 2.41 bits per heavy atom. The molecule has 1 unspecified atom stereocenters. The highest BCUT2D eigenvalue weighted by molar-refractivity contribution is 5.85. The van der Waals surface area contributed by atoms with Gasteiger partial charge in [-0.1, -0.05) is 12.8 Å². The summed E-state index contributed by atoms with van der Waals surface area (Å²) in [5, 5.41) is 6.80. The Bertz CT molecular complexity index is 606. The predicted octanol–water partition coefficient (Wildman–Crippen LogP) is 2.20. The molecule has 166 valence electrons. The first-order valence-corrected chi connectivity index (χ1v) is 10.7. The molecule has 1 saturated heterocycles. The van der Waals surface area contributed by atoms with Crippen LogP contribution in [0.25, 0.3) is 0 Å². The molecule has 2 rings (SSSR count). The van der Waals surface area contributed by atoms with Crippen molar-refractivity contribution in [2.24, 2.45) is 10.4 Å². The van der Waals surface area contributed by atoms with E-state index in [1.165, 1.54) is 0 Å². The Labute approximate surface area is 175 Å². The molecule has 2 N–H and O–H groups in total.